The Morgan fingerprint density at radius 3 is 2.57 bits per heavy atom. The van der Waals surface area contributed by atoms with Crippen LogP contribution in [0.4, 0.5) is 6.01 Å². The quantitative estimate of drug-likeness (QED) is 0.692. The number of sulfone groups is 1. The lowest BCUT2D eigenvalue weighted by molar-refractivity contribution is 0.102. The molecule has 1 aromatic heterocycles. The zero-order valence-electron chi connectivity index (χ0n) is 14.7. The molecule has 0 spiro atoms. The number of nitrogens with zero attached hydrogens (tertiary/aromatic N) is 2. The summed E-state index contributed by atoms with van der Waals surface area (Å²) >= 11 is 0. The third-order valence-electron chi connectivity index (χ3n) is 4.12. The highest BCUT2D eigenvalue weighted by molar-refractivity contribution is 7.91. The molecule has 9 nitrogen and oxygen atoms in total. The lowest BCUT2D eigenvalue weighted by Gasteiger charge is -2.03. The van der Waals surface area contributed by atoms with Crippen LogP contribution in [0.5, 0.6) is 11.5 Å². The molecule has 1 aliphatic rings. The minimum Gasteiger partial charge on any atom is -0.454 e. The van der Waals surface area contributed by atoms with E-state index in [1.54, 1.807) is 25.1 Å². The first kappa shape index (κ1) is 18.0. The van der Waals surface area contributed by atoms with E-state index in [4.69, 9.17) is 13.9 Å². The minimum absolute atomic E-state index is 0.0108. The zero-order valence-corrected chi connectivity index (χ0v) is 15.5. The summed E-state index contributed by atoms with van der Waals surface area (Å²) in [5.41, 5.74) is 0.879. The summed E-state index contributed by atoms with van der Waals surface area (Å²) in [5.74, 6) is 0.899. The SMILES string of the molecule is CCS(=O)(=O)c1ccc(C(=O)Nc2nnc(-c3ccc4c(c3)OCO4)o2)cc1. The van der Waals surface area contributed by atoms with Gasteiger partial charge in [-0.1, -0.05) is 12.0 Å². The van der Waals surface area contributed by atoms with Crippen LogP contribution in [-0.4, -0.2) is 37.1 Å². The van der Waals surface area contributed by atoms with E-state index in [1.165, 1.54) is 24.3 Å². The Kier molecular flexibility index (Phi) is 4.47. The van der Waals surface area contributed by atoms with Crippen LogP contribution >= 0.6 is 0 Å². The number of carbonyl (C=O) groups is 1. The lowest BCUT2D eigenvalue weighted by Crippen LogP contribution is -2.12. The number of nitrogens with one attached hydrogen (secondary N) is 1. The number of hydrogen-bond donors (Lipinski definition) is 1. The Bertz CT molecular complexity index is 1140. The molecule has 1 amide bonds. The summed E-state index contributed by atoms with van der Waals surface area (Å²) in [4.78, 5) is 12.5. The van der Waals surface area contributed by atoms with Crippen molar-refractivity contribution >= 4 is 21.8 Å². The number of benzene rings is 2. The molecule has 4 rings (SSSR count). The molecular formula is C18H15N3O6S. The van der Waals surface area contributed by atoms with Crippen LogP contribution in [0, 0.1) is 0 Å². The van der Waals surface area contributed by atoms with Gasteiger partial charge < -0.3 is 13.9 Å². The predicted molar refractivity (Wildman–Crippen MR) is 98.0 cm³/mol. The first-order chi connectivity index (χ1) is 13.5. The Morgan fingerprint density at radius 2 is 1.82 bits per heavy atom. The first-order valence-corrected chi connectivity index (χ1v) is 9.99. The van der Waals surface area contributed by atoms with Gasteiger partial charge in [-0.25, -0.2) is 8.42 Å². The van der Waals surface area contributed by atoms with E-state index in [0.29, 0.717) is 17.1 Å². The van der Waals surface area contributed by atoms with E-state index in [9.17, 15) is 13.2 Å². The van der Waals surface area contributed by atoms with E-state index in [2.05, 4.69) is 15.5 Å². The van der Waals surface area contributed by atoms with Gasteiger partial charge in [-0.2, -0.15) is 0 Å². The normalized spacial score (nSPS) is 12.8. The van der Waals surface area contributed by atoms with Crippen LogP contribution in [0.3, 0.4) is 0 Å². The molecule has 10 heteroatoms. The lowest BCUT2D eigenvalue weighted by atomic mass is 10.2. The highest BCUT2D eigenvalue weighted by Crippen LogP contribution is 2.35. The number of fused-ring (bicyclic) bond motifs is 1. The van der Waals surface area contributed by atoms with E-state index >= 15 is 0 Å². The molecular weight excluding hydrogens is 386 g/mol. The van der Waals surface area contributed by atoms with Crippen molar-refractivity contribution in [3.05, 3.63) is 48.0 Å². The van der Waals surface area contributed by atoms with Crippen molar-refractivity contribution in [2.24, 2.45) is 0 Å². The van der Waals surface area contributed by atoms with Crippen molar-refractivity contribution in [3.8, 4) is 23.0 Å². The molecule has 0 fully saturated rings. The molecule has 2 heterocycles. The van der Waals surface area contributed by atoms with E-state index in [1.807, 2.05) is 0 Å². The highest BCUT2D eigenvalue weighted by atomic mass is 32.2. The monoisotopic (exact) mass is 401 g/mol. The van der Waals surface area contributed by atoms with Gasteiger partial charge in [-0.15, -0.1) is 5.10 Å². The summed E-state index contributed by atoms with van der Waals surface area (Å²) in [6.45, 7) is 1.71. The molecule has 144 valence electrons. The molecule has 1 N–H and O–H groups in total. The van der Waals surface area contributed by atoms with Crippen LogP contribution in [0.1, 0.15) is 17.3 Å². The van der Waals surface area contributed by atoms with Crippen LogP contribution < -0.4 is 14.8 Å². The summed E-state index contributed by atoms with van der Waals surface area (Å²) in [6.07, 6.45) is 0. The first-order valence-electron chi connectivity index (χ1n) is 8.34. The molecule has 2 aromatic carbocycles. The van der Waals surface area contributed by atoms with Crippen LogP contribution in [0.25, 0.3) is 11.5 Å². The number of anilines is 1. The van der Waals surface area contributed by atoms with Gasteiger partial charge in [0, 0.05) is 11.1 Å². The zero-order chi connectivity index (χ0) is 19.7. The number of amides is 1. The maximum Gasteiger partial charge on any atom is 0.322 e. The van der Waals surface area contributed by atoms with Gasteiger partial charge in [0.25, 0.3) is 5.91 Å². The summed E-state index contributed by atoms with van der Waals surface area (Å²) < 4.78 is 39.7. The summed E-state index contributed by atoms with van der Waals surface area (Å²) in [6, 6.07) is 10.7. The van der Waals surface area contributed by atoms with Crippen molar-refractivity contribution in [2.75, 3.05) is 17.9 Å². The van der Waals surface area contributed by atoms with Gasteiger partial charge in [0.1, 0.15) is 0 Å². The van der Waals surface area contributed by atoms with E-state index in [0.717, 1.165) is 0 Å². The van der Waals surface area contributed by atoms with Crippen molar-refractivity contribution in [1.82, 2.24) is 10.2 Å². The third kappa shape index (κ3) is 3.41. The highest BCUT2D eigenvalue weighted by Gasteiger charge is 2.18. The molecule has 0 radical (unpaired) electrons. The Morgan fingerprint density at radius 1 is 1.07 bits per heavy atom. The van der Waals surface area contributed by atoms with Crippen LogP contribution in [-0.2, 0) is 9.84 Å². The number of ether oxygens (including phenoxy) is 2. The van der Waals surface area contributed by atoms with Gasteiger partial charge >= 0.3 is 6.01 Å². The van der Waals surface area contributed by atoms with Gasteiger partial charge in [0.15, 0.2) is 21.3 Å². The van der Waals surface area contributed by atoms with Gasteiger partial charge in [0.05, 0.1) is 10.6 Å². The van der Waals surface area contributed by atoms with Crippen LogP contribution in [0.2, 0.25) is 0 Å². The fourth-order valence-electron chi connectivity index (χ4n) is 2.57. The number of hydrogen-bond acceptors (Lipinski definition) is 8. The average Bonchev–Trinajstić information content (AvgIpc) is 3.36. The van der Waals surface area contributed by atoms with Crippen molar-refractivity contribution in [3.63, 3.8) is 0 Å². The second kappa shape index (κ2) is 6.97. The van der Waals surface area contributed by atoms with Crippen molar-refractivity contribution < 1.29 is 27.1 Å². The summed E-state index contributed by atoms with van der Waals surface area (Å²) in [7, 11) is -3.32. The molecule has 3 aromatic rings. The minimum atomic E-state index is -3.32. The van der Waals surface area contributed by atoms with E-state index in [-0.39, 0.29) is 34.9 Å². The smallest absolute Gasteiger partial charge is 0.322 e. The Balaban J connectivity index is 1.49. The molecule has 28 heavy (non-hydrogen) atoms. The maximum atomic E-state index is 12.3. The standard InChI is InChI=1S/C18H15N3O6S/c1-2-28(23,24)13-6-3-11(4-7-13)16(22)19-18-21-20-17(27-18)12-5-8-14-15(9-12)26-10-25-14/h3-9H,2,10H2,1H3,(H,19,21,22). The molecule has 0 aliphatic carbocycles. The van der Waals surface area contributed by atoms with Crippen molar-refractivity contribution in [1.29, 1.82) is 0 Å². The largest absolute Gasteiger partial charge is 0.454 e. The molecule has 0 saturated heterocycles. The predicted octanol–water partition coefficient (Wildman–Crippen LogP) is 2.51. The molecule has 0 unspecified atom stereocenters. The van der Waals surface area contributed by atoms with E-state index < -0.39 is 15.7 Å². The number of aromatic nitrogens is 2. The maximum absolute atomic E-state index is 12.3. The Hall–Kier alpha value is -3.40. The second-order valence-corrected chi connectivity index (χ2v) is 8.14. The Labute approximate surface area is 160 Å². The number of rotatable bonds is 5. The fourth-order valence-corrected chi connectivity index (χ4v) is 3.45. The molecule has 0 bridgehead atoms. The van der Waals surface area contributed by atoms with Crippen molar-refractivity contribution in [2.45, 2.75) is 11.8 Å². The topological polar surface area (TPSA) is 121 Å². The fraction of sp³-hybridized carbons (Fsp3) is 0.167. The third-order valence-corrected chi connectivity index (χ3v) is 5.87. The molecule has 0 atom stereocenters. The van der Waals surface area contributed by atoms with Gasteiger partial charge in [-0.3, -0.25) is 10.1 Å². The van der Waals surface area contributed by atoms with Gasteiger partial charge in [0.2, 0.25) is 12.7 Å². The summed E-state index contributed by atoms with van der Waals surface area (Å²) in [5, 5.41) is 10.2. The van der Waals surface area contributed by atoms with Gasteiger partial charge in [-0.05, 0) is 42.5 Å². The second-order valence-electron chi connectivity index (χ2n) is 5.86. The molecule has 0 saturated carbocycles. The van der Waals surface area contributed by atoms with Crippen LogP contribution in [0.15, 0.2) is 51.8 Å². The average molecular weight is 401 g/mol. The number of carbonyl (C=O) groups excluding carboxylic acids is 1. The molecule has 1 aliphatic heterocycles.